The fraction of sp³-hybridized carbons (Fsp3) is 0.250. The predicted octanol–water partition coefficient (Wildman–Crippen LogP) is 2.22. The smallest absolute Gasteiger partial charge is 0.322 e. The summed E-state index contributed by atoms with van der Waals surface area (Å²) in [7, 11) is 0. The lowest BCUT2D eigenvalue weighted by Crippen LogP contribution is -2.29. The molecule has 1 aromatic heterocycles. The lowest BCUT2D eigenvalue weighted by molar-refractivity contribution is -0.135. The van der Waals surface area contributed by atoms with Crippen LogP contribution in [-0.2, 0) is 4.79 Å². The van der Waals surface area contributed by atoms with Gasteiger partial charge in [-0.1, -0.05) is 12.1 Å². The summed E-state index contributed by atoms with van der Waals surface area (Å²) in [5, 5.41) is 11.0. The van der Waals surface area contributed by atoms with Crippen molar-refractivity contribution in [2.75, 3.05) is 6.54 Å². The van der Waals surface area contributed by atoms with Gasteiger partial charge in [0.15, 0.2) is 0 Å². The minimum absolute atomic E-state index is 0.371. The predicted molar refractivity (Wildman–Crippen MR) is 79.9 cm³/mol. The highest BCUT2D eigenvalue weighted by atomic mass is 16.4. The molecule has 21 heavy (non-hydrogen) atoms. The first-order chi connectivity index (χ1) is 9.90. The molecule has 1 amide bonds. The summed E-state index contributed by atoms with van der Waals surface area (Å²) >= 11 is 0. The molecule has 0 aliphatic heterocycles. The van der Waals surface area contributed by atoms with Gasteiger partial charge in [-0.05, 0) is 44.5 Å². The van der Waals surface area contributed by atoms with Crippen molar-refractivity contribution >= 4 is 11.9 Å². The molecule has 2 aromatic rings. The van der Waals surface area contributed by atoms with Gasteiger partial charge in [0.05, 0.1) is 5.56 Å². The number of carboxylic acid groups (broad SMARTS) is 1. The van der Waals surface area contributed by atoms with E-state index in [-0.39, 0.29) is 12.5 Å². The second kappa shape index (κ2) is 5.83. The molecule has 0 saturated carbocycles. The Morgan fingerprint density at radius 2 is 1.90 bits per heavy atom. The average molecular weight is 286 g/mol. The Kier molecular flexibility index (Phi) is 4.12. The second-order valence-corrected chi connectivity index (χ2v) is 5.04. The van der Waals surface area contributed by atoms with E-state index in [4.69, 9.17) is 5.11 Å². The van der Waals surface area contributed by atoms with Crippen LogP contribution in [0.1, 0.15) is 27.3 Å². The molecular weight excluding hydrogens is 268 g/mol. The molecule has 2 rings (SSSR count). The molecule has 0 radical (unpaired) electrons. The van der Waals surface area contributed by atoms with Crippen LogP contribution in [0.5, 0.6) is 0 Å². The van der Waals surface area contributed by atoms with Crippen LogP contribution in [0.15, 0.2) is 30.3 Å². The van der Waals surface area contributed by atoms with Crippen LogP contribution < -0.4 is 5.32 Å². The number of aryl methyl sites for hydroxylation is 2. The normalized spacial score (nSPS) is 10.4. The zero-order valence-electron chi connectivity index (χ0n) is 12.3. The molecule has 5 heteroatoms. The molecule has 1 aromatic carbocycles. The first-order valence-corrected chi connectivity index (χ1v) is 6.66. The third-order valence-corrected chi connectivity index (χ3v) is 3.34. The molecule has 2 N–H and O–H groups in total. The maximum Gasteiger partial charge on any atom is 0.322 e. The standard InChI is InChI=1S/C16H18N2O3/c1-10-5-4-6-13(7-10)18-11(2)8-14(12(18)3)16(21)17-9-15(19)20/h4-8H,9H2,1-3H3,(H,17,21)(H,19,20). The summed E-state index contributed by atoms with van der Waals surface area (Å²) in [6, 6.07) is 9.77. The van der Waals surface area contributed by atoms with Gasteiger partial charge in [0.2, 0.25) is 0 Å². The number of hydrogen-bond donors (Lipinski definition) is 2. The van der Waals surface area contributed by atoms with Crippen molar-refractivity contribution in [1.29, 1.82) is 0 Å². The van der Waals surface area contributed by atoms with Gasteiger partial charge in [-0.3, -0.25) is 9.59 Å². The van der Waals surface area contributed by atoms with E-state index < -0.39 is 5.97 Å². The topological polar surface area (TPSA) is 71.3 Å². The highest BCUT2D eigenvalue weighted by molar-refractivity contribution is 5.97. The minimum Gasteiger partial charge on any atom is -0.480 e. The Balaban J connectivity index is 2.38. The monoisotopic (exact) mass is 286 g/mol. The van der Waals surface area contributed by atoms with Crippen LogP contribution in [-0.4, -0.2) is 28.1 Å². The number of aliphatic carboxylic acids is 1. The third-order valence-electron chi connectivity index (χ3n) is 3.34. The molecule has 5 nitrogen and oxygen atoms in total. The first-order valence-electron chi connectivity index (χ1n) is 6.66. The highest BCUT2D eigenvalue weighted by Crippen LogP contribution is 2.21. The number of rotatable bonds is 4. The Morgan fingerprint density at radius 3 is 2.52 bits per heavy atom. The van der Waals surface area contributed by atoms with Crippen molar-refractivity contribution in [1.82, 2.24) is 9.88 Å². The molecule has 110 valence electrons. The van der Waals surface area contributed by atoms with E-state index in [1.54, 1.807) is 6.07 Å². The Morgan fingerprint density at radius 1 is 1.19 bits per heavy atom. The van der Waals surface area contributed by atoms with E-state index in [2.05, 4.69) is 5.32 Å². The number of nitrogens with one attached hydrogen (secondary N) is 1. The van der Waals surface area contributed by atoms with Crippen molar-refractivity contribution in [2.24, 2.45) is 0 Å². The van der Waals surface area contributed by atoms with Crippen LogP contribution in [0.4, 0.5) is 0 Å². The van der Waals surface area contributed by atoms with Gasteiger partial charge >= 0.3 is 5.97 Å². The zero-order chi connectivity index (χ0) is 15.6. The zero-order valence-corrected chi connectivity index (χ0v) is 12.3. The van der Waals surface area contributed by atoms with Crippen molar-refractivity contribution in [3.05, 3.63) is 52.8 Å². The number of carbonyl (C=O) groups excluding carboxylic acids is 1. The van der Waals surface area contributed by atoms with Gasteiger partial charge in [0, 0.05) is 17.1 Å². The number of aromatic nitrogens is 1. The average Bonchev–Trinajstić information content (AvgIpc) is 2.71. The van der Waals surface area contributed by atoms with Gasteiger partial charge in [0.1, 0.15) is 6.54 Å². The van der Waals surface area contributed by atoms with Crippen LogP contribution in [0.25, 0.3) is 5.69 Å². The van der Waals surface area contributed by atoms with E-state index >= 15 is 0 Å². The lowest BCUT2D eigenvalue weighted by Gasteiger charge is -2.10. The third kappa shape index (κ3) is 3.13. The summed E-state index contributed by atoms with van der Waals surface area (Å²) in [5.74, 6) is -1.43. The Bertz CT molecular complexity index is 702. The molecule has 0 aliphatic rings. The molecule has 0 atom stereocenters. The molecule has 0 aliphatic carbocycles. The highest BCUT2D eigenvalue weighted by Gasteiger charge is 2.17. The quantitative estimate of drug-likeness (QED) is 0.905. The fourth-order valence-corrected chi connectivity index (χ4v) is 2.41. The number of carboxylic acids is 1. The van der Waals surface area contributed by atoms with E-state index in [0.29, 0.717) is 5.56 Å². The van der Waals surface area contributed by atoms with Crippen LogP contribution in [0.3, 0.4) is 0 Å². The van der Waals surface area contributed by atoms with Crippen molar-refractivity contribution in [2.45, 2.75) is 20.8 Å². The van der Waals surface area contributed by atoms with Crippen LogP contribution >= 0.6 is 0 Å². The van der Waals surface area contributed by atoms with Crippen molar-refractivity contribution in [3.63, 3.8) is 0 Å². The Labute approximate surface area is 123 Å². The number of amides is 1. The van der Waals surface area contributed by atoms with E-state index in [0.717, 1.165) is 22.6 Å². The summed E-state index contributed by atoms with van der Waals surface area (Å²) in [6.45, 7) is 5.40. The van der Waals surface area contributed by atoms with Gasteiger partial charge in [0.25, 0.3) is 5.91 Å². The number of hydrogen-bond acceptors (Lipinski definition) is 2. The summed E-state index contributed by atoms with van der Waals surface area (Å²) in [6.07, 6.45) is 0. The molecule has 1 heterocycles. The summed E-state index contributed by atoms with van der Waals surface area (Å²) < 4.78 is 1.99. The summed E-state index contributed by atoms with van der Waals surface area (Å²) in [4.78, 5) is 22.6. The largest absolute Gasteiger partial charge is 0.480 e. The minimum atomic E-state index is -1.06. The fourth-order valence-electron chi connectivity index (χ4n) is 2.41. The molecular formula is C16H18N2O3. The number of nitrogens with zero attached hydrogens (tertiary/aromatic N) is 1. The van der Waals surface area contributed by atoms with Gasteiger partial charge in [-0.25, -0.2) is 0 Å². The number of carbonyl (C=O) groups is 2. The SMILES string of the molecule is Cc1cccc(-n2c(C)cc(C(=O)NCC(=O)O)c2C)c1. The van der Waals surface area contributed by atoms with Crippen molar-refractivity contribution < 1.29 is 14.7 Å². The van der Waals surface area contributed by atoms with E-state index in [9.17, 15) is 9.59 Å². The maximum absolute atomic E-state index is 12.0. The van der Waals surface area contributed by atoms with Crippen molar-refractivity contribution in [3.8, 4) is 5.69 Å². The molecule has 0 saturated heterocycles. The molecule has 0 unspecified atom stereocenters. The van der Waals surface area contributed by atoms with E-state index in [1.807, 2.05) is 49.6 Å². The van der Waals surface area contributed by atoms with Crippen LogP contribution in [0, 0.1) is 20.8 Å². The lowest BCUT2D eigenvalue weighted by atomic mass is 10.2. The molecule has 0 fully saturated rings. The first kappa shape index (κ1) is 14.8. The molecule has 0 bridgehead atoms. The van der Waals surface area contributed by atoms with E-state index in [1.165, 1.54) is 0 Å². The summed E-state index contributed by atoms with van der Waals surface area (Å²) in [5.41, 5.74) is 4.34. The number of benzene rings is 1. The second-order valence-electron chi connectivity index (χ2n) is 5.04. The molecule has 0 spiro atoms. The Hall–Kier alpha value is -2.56. The van der Waals surface area contributed by atoms with Gasteiger partial charge in [-0.15, -0.1) is 0 Å². The van der Waals surface area contributed by atoms with Gasteiger partial charge in [-0.2, -0.15) is 0 Å². The van der Waals surface area contributed by atoms with Crippen LogP contribution in [0.2, 0.25) is 0 Å². The van der Waals surface area contributed by atoms with Gasteiger partial charge < -0.3 is 15.0 Å². The maximum atomic E-state index is 12.0.